The molecule has 0 atom stereocenters. The molecule has 5 heteroatoms. The van der Waals surface area contributed by atoms with Gasteiger partial charge in [0.15, 0.2) is 0 Å². The highest BCUT2D eigenvalue weighted by Gasteiger charge is 2.22. The number of piperidine rings is 1. The Kier molecular flexibility index (Phi) is 5.85. The molecule has 0 aromatic carbocycles. The summed E-state index contributed by atoms with van der Waals surface area (Å²) in [5, 5.41) is 2.90. The summed E-state index contributed by atoms with van der Waals surface area (Å²) in [6.07, 6.45) is 3.26. The van der Waals surface area contributed by atoms with Crippen molar-refractivity contribution < 1.29 is 14.3 Å². The van der Waals surface area contributed by atoms with E-state index in [1.54, 1.807) is 6.08 Å². The summed E-state index contributed by atoms with van der Waals surface area (Å²) in [6.45, 7) is 5.31. The van der Waals surface area contributed by atoms with Crippen molar-refractivity contribution in [1.82, 2.24) is 10.2 Å². The molecule has 0 bridgehead atoms. The quantitative estimate of drug-likeness (QED) is 0.752. The van der Waals surface area contributed by atoms with Gasteiger partial charge in [-0.1, -0.05) is 5.57 Å². The third-order valence-electron chi connectivity index (χ3n) is 2.86. The lowest BCUT2D eigenvalue weighted by molar-refractivity contribution is -0.128. The lowest BCUT2D eigenvalue weighted by atomic mass is 10.0. The Hall–Kier alpha value is -1.36. The fourth-order valence-corrected chi connectivity index (χ4v) is 1.98. The van der Waals surface area contributed by atoms with E-state index in [0.717, 1.165) is 18.4 Å². The van der Waals surface area contributed by atoms with E-state index >= 15 is 0 Å². The summed E-state index contributed by atoms with van der Waals surface area (Å²) < 4.78 is 4.76. The van der Waals surface area contributed by atoms with Crippen molar-refractivity contribution >= 4 is 11.8 Å². The second-order valence-electron chi connectivity index (χ2n) is 4.82. The second kappa shape index (κ2) is 7.16. The Bertz CT molecular complexity index is 327. The van der Waals surface area contributed by atoms with Gasteiger partial charge < -0.3 is 15.0 Å². The van der Waals surface area contributed by atoms with E-state index in [-0.39, 0.29) is 24.5 Å². The molecule has 0 aromatic heterocycles. The molecule has 1 N–H and O–H groups in total. The lowest BCUT2D eigenvalue weighted by Gasteiger charge is -2.31. The summed E-state index contributed by atoms with van der Waals surface area (Å²) in [6, 6.07) is 0.156. The Morgan fingerprint density at radius 3 is 2.44 bits per heavy atom. The number of likely N-dealkylation sites (tertiary alicyclic amines) is 1. The molecular weight excluding hydrogens is 232 g/mol. The molecule has 18 heavy (non-hydrogen) atoms. The molecule has 0 unspecified atom stereocenters. The summed E-state index contributed by atoms with van der Waals surface area (Å²) in [5.41, 5.74) is 1.01. The number of ether oxygens (including phenoxy) is 1. The molecule has 5 nitrogen and oxygen atoms in total. The number of hydrogen-bond acceptors (Lipinski definition) is 3. The van der Waals surface area contributed by atoms with Gasteiger partial charge in [0.2, 0.25) is 11.8 Å². The van der Waals surface area contributed by atoms with Gasteiger partial charge in [0.25, 0.3) is 0 Å². The van der Waals surface area contributed by atoms with E-state index < -0.39 is 0 Å². The van der Waals surface area contributed by atoms with E-state index in [2.05, 4.69) is 5.32 Å². The van der Waals surface area contributed by atoms with Gasteiger partial charge >= 0.3 is 0 Å². The van der Waals surface area contributed by atoms with Crippen LogP contribution in [0.2, 0.25) is 0 Å². The largest absolute Gasteiger partial charge is 0.375 e. The van der Waals surface area contributed by atoms with Crippen molar-refractivity contribution in [2.45, 2.75) is 32.7 Å². The minimum absolute atomic E-state index is 0.0664. The molecular formula is C13H22N2O3. The van der Waals surface area contributed by atoms with Crippen LogP contribution in [0.4, 0.5) is 0 Å². The highest BCUT2D eigenvalue weighted by Crippen LogP contribution is 2.11. The van der Waals surface area contributed by atoms with Crippen LogP contribution in [0, 0.1) is 0 Å². The molecule has 0 aromatic rings. The normalized spacial score (nSPS) is 16.3. The molecule has 1 aliphatic rings. The number of rotatable bonds is 4. The molecule has 0 aliphatic carbocycles. The van der Waals surface area contributed by atoms with E-state index in [0.29, 0.717) is 13.1 Å². The van der Waals surface area contributed by atoms with Crippen molar-refractivity contribution in [3.8, 4) is 0 Å². The molecule has 0 spiro atoms. The summed E-state index contributed by atoms with van der Waals surface area (Å²) in [4.78, 5) is 25.0. The van der Waals surface area contributed by atoms with Gasteiger partial charge in [-0.25, -0.2) is 0 Å². The summed E-state index contributed by atoms with van der Waals surface area (Å²) >= 11 is 0. The zero-order chi connectivity index (χ0) is 13.5. The molecule has 1 saturated heterocycles. The highest BCUT2D eigenvalue weighted by molar-refractivity contribution is 5.88. The van der Waals surface area contributed by atoms with Crippen LogP contribution in [0.25, 0.3) is 0 Å². The number of nitrogens with zero attached hydrogens (tertiary/aromatic N) is 1. The minimum Gasteiger partial charge on any atom is -0.375 e. The number of carbonyl (C=O) groups excluding carboxylic acids is 2. The lowest BCUT2D eigenvalue weighted by Crippen LogP contribution is -2.47. The first-order chi connectivity index (χ1) is 8.52. The monoisotopic (exact) mass is 254 g/mol. The third-order valence-corrected chi connectivity index (χ3v) is 2.86. The van der Waals surface area contributed by atoms with Gasteiger partial charge in [0, 0.05) is 32.3 Å². The Balaban J connectivity index is 2.35. The van der Waals surface area contributed by atoms with Crippen LogP contribution < -0.4 is 5.32 Å². The van der Waals surface area contributed by atoms with Gasteiger partial charge in [-0.3, -0.25) is 9.59 Å². The zero-order valence-electron chi connectivity index (χ0n) is 11.4. The molecule has 1 rings (SSSR count). The first kappa shape index (κ1) is 14.7. The first-order valence-electron chi connectivity index (χ1n) is 6.25. The van der Waals surface area contributed by atoms with Crippen LogP contribution in [-0.2, 0) is 14.3 Å². The molecule has 2 amide bonds. The zero-order valence-corrected chi connectivity index (χ0v) is 11.4. The predicted octanol–water partition coefficient (Wildman–Crippen LogP) is 0.706. The van der Waals surface area contributed by atoms with E-state index in [4.69, 9.17) is 4.74 Å². The minimum atomic E-state index is -0.0911. The average molecular weight is 254 g/mol. The number of nitrogens with one attached hydrogen (secondary N) is 1. The third kappa shape index (κ3) is 4.87. The van der Waals surface area contributed by atoms with Gasteiger partial charge in [-0.15, -0.1) is 0 Å². The fraction of sp³-hybridized carbons (Fsp3) is 0.692. The highest BCUT2D eigenvalue weighted by atomic mass is 16.5. The van der Waals surface area contributed by atoms with Crippen molar-refractivity contribution in [2.75, 3.05) is 26.8 Å². The molecule has 0 radical (unpaired) electrons. The van der Waals surface area contributed by atoms with E-state index in [1.165, 1.54) is 7.11 Å². The number of amides is 2. The summed E-state index contributed by atoms with van der Waals surface area (Å²) in [5.74, 6) is -0.0248. The Morgan fingerprint density at radius 1 is 1.33 bits per heavy atom. The Labute approximate surface area is 108 Å². The number of carbonyl (C=O) groups is 2. The van der Waals surface area contributed by atoms with Gasteiger partial charge in [-0.05, 0) is 26.7 Å². The summed E-state index contributed by atoms with van der Waals surface area (Å²) in [7, 11) is 1.50. The molecule has 1 fully saturated rings. The van der Waals surface area contributed by atoms with Crippen LogP contribution in [-0.4, -0.2) is 49.6 Å². The molecule has 0 saturated carbocycles. The maximum Gasteiger partial charge on any atom is 0.246 e. The predicted molar refractivity (Wildman–Crippen MR) is 69.1 cm³/mol. The second-order valence-corrected chi connectivity index (χ2v) is 4.82. The van der Waals surface area contributed by atoms with Crippen LogP contribution in [0.3, 0.4) is 0 Å². The Morgan fingerprint density at radius 2 is 1.94 bits per heavy atom. The van der Waals surface area contributed by atoms with Crippen molar-refractivity contribution in [2.24, 2.45) is 0 Å². The van der Waals surface area contributed by atoms with Crippen LogP contribution in [0.5, 0.6) is 0 Å². The van der Waals surface area contributed by atoms with Crippen LogP contribution in [0.15, 0.2) is 11.6 Å². The van der Waals surface area contributed by atoms with Crippen molar-refractivity contribution in [1.29, 1.82) is 0 Å². The maximum atomic E-state index is 11.8. The van der Waals surface area contributed by atoms with Gasteiger partial charge in [0.05, 0.1) is 0 Å². The topological polar surface area (TPSA) is 58.6 Å². The van der Waals surface area contributed by atoms with Gasteiger partial charge in [-0.2, -0.15) is 0 Å². The van der Waals surface area contributed by atoms with E-state index in [9.17, 15) is 9.59 Å². The van der Waals surface area contributed by atoms with Crippen molar-refractivity contribution in [3.63, 3.8) is 0 Å². The fourth-order valence-electron chi connectivity index (χ4n) is 1.98. The standard InChI is InChI=1S/C13H22N2O3/c1-10(2)8-13(17)15-6-4-11(5-7-15)14-12(16)9-18-3/h8,11H,4-7,9H2,1-3H3,(H,14,16). The number of methoxy groups -OCH3 is 1. The van der Waals surface area contributed by atoms with Crippen LogP contribution in [0.1, 0.15) is 26.7 Å². The van der Waals surface area contributed by atoms with E-state index in [1.807, 2.05) is 18.7 Å². The van der Waals surface area contributed by atoms with Crippen molar-refractivity contribution in [3.05, 3.63) is 11.6 Å². The SMILES string of the molecule is COCC(=O)NC1CCN(C(=O)C=C(C)C)CC1. The first-order valence-corrected chi connectivity index (χ1v) is 6.25. The maximum absolute atomic E-state index is 11.8. The van der Waals surface area contributed by atoms with Gasteiger partial charge in [0.1, 0.15) is 6.61 Å². The molecule has 102 valence electrons. The smallest absolute Gasteiger partial charge is 0.246 e. The number of allylic oxidation sites excluding steroid dienone is 1. The number of hydrogen-bond donors (Lipinski definition) is 1. The average Bonchev–Trinajstić information content (AvgIpc) is 2.29. The molecule has 1 aliphatic heterocycles. The van der Waals surface area contributed by atoms with Crippen LogP contribution >= 0.6 is 0 Å². The molecule has 1 heterocycles.